The molecule has 2 heterocycles. The molecule has 100 valence electrons. The SMILES string of the molecule is CS(=O)(=O)OC[C@@H]1CCc2nc(Cl)cc(Br)c2O1. The zero-order chi connectivity index (χ0) is 13.3. The van der Waals surface area contributed by atoms with Gasteiger partial charge < -0.3 is 4.74 Å². The molecule has 1 aromatic heterocycles. The van der Waals surface area contributed by atoms with E-state index in [1.165, 1.54) is 0 Å². The first kappa shape index (κ1) is 14.0. The predicted molar refractivity (Wildman–Crippen MR) is 70.5 cm³/mol. The molecule has 1 aliphatic heterocycles. The molecular weight excluding hydrogens is 346 g/mol. The van der Waals surface area contributed by atoms with E-state index < -0.39 is 10.1 Å². The van der Waals surface area contributed by atoms with Crippen molar-refractivity contribution < 1.29 is 17.3 Å². The molecule has 0 bridgehead atoms. The smallest absolute Gasteiger partial charge is 0.264 e. The van der Waals surface area contributed by atoms with Crippen molar-refractivity contribution in [3.05, 3.63) is 21.4 Å². The molecule has 0 saturated carbocycles. The number of aromatic nitrogens is 1. The van der Waals surface area contributed by atoms with Crippen LogP contribution in [0.4, 0.5) is 0 Å². The van der Waals surface area contributed by atoms with E-state index >= 15 is 0 Å². The number of ether oxygens (including phenoxy) is 1. The molecule has 1 aliphatic rings. The van der Waals surface area contributed by atoms with Gasteiger partial charge in [0.05, 0.1) is 16.4 Å². The Morgan fingerprint density at radius 2 is 2.39 bits per heavy atom. The highest BCUT2D eigenvalue weighted by molar-refractivity contribution is 9.10. The van der Waals surface area contributed by atoms with Gasteiger partial charge in [0, 0.05) is 0 Å². The van der Waals surface area contributed by atoms with Gasteiger partial charge in [-0.15, -0.1) is 0 Å². The number of fused-ring (bicyclic) bond motifs is 1. The van der Waals surface area contributed by atoms with Crippen molar-refractivity contribution in [3.8, 4) is 5.75 Å². The van der Waals surface area contributed by atoms with Gasteiger partial charge in [0.25, 0.3) is 10.1 Å². The Balaban J connectivity index is 2.10. The Morgan fingerprint density at radius 3 is 3.06 bits per heavy atom. The van der Waals surface area contributed by atoms with Crippen molar-refractivity contribution in [2.24, 2.45) is 0 Å². The molecule has 0 saturated heterocycles. The largest absolute Gasteiger partial charge is 0.485 e. The van der Waals surface area contributed by atoms with Crippen LogP contribution in [0.3, 0.4) is 0 Å². The predicted octanol–water partition coefficient (Wildman–Crippen LogP) is 2.17. The summed E-state index contributed by atoms with van der Waals surface area (Å²) in [4.78, 5) is 4.17. The van der Waals surface area contributed by atoms with E-state index in [4.69, 9.17) is 20.5 Å². The van der Waals surface area contributed by atoms with Crippen LogP contribution < -0.4 is 4.74 Å². The lowest BCUT2D eigenvalue weighted by atomic mass is 10.1. The number of rotatable bonds is 3. The fraction of sp³-hybridized carbons (Fsp3) is 0.500. The van der Waals surface area contributed by atoms with Crippen LogP contribution in [0, 0.1) is 0 Å². The zero-order valence-electron chi connectivity index (χ0n) is 9.52. The molecular formula is C10H11BrClNO4S. The minimum Gasteiger partial charge on any atom is -0.485 e. The zero-order valence-corrected chi connectivity index (χ0v) is 12.7. The van der Waals surface area contributed by atoms with Gasteiger partial charge in [0.15, 0.2) is 5.75 Å². The molecule has 8 heteroatoms. The summed E-state index contributed by atoms with van der Waals surface area (Å²) in [5, 5.41) is 0.398. The number of hydrogen-bond donors (Lipinski definition) is 0. The van der Waals surface area contributed by atoms with E-state index in [0.717, 1.165) is 11.9 Å². The van der Waals surface area contributed by atoms with Crippen LogP contribution in [0.2, 0.25) is 5.15 Å². The third kappa shape index (κ3) is 3.57. The van der Waals surface area contributed by atoms with Crippen LogP contribution in [0.25, 0.3) is 0 Å². The molecule has 0 spiro atoms. The van der Waals surface area contributed by atoms with Crippen LogP contribution >= 0.6 is 27.5 Å². The lowest BCUT2D eigenvalue weighted by Gasteiger charge is -2.25. The van der Waals surface area contributed by atoms with Crippen molar-refractivity contribution in [1.29, 1.82) is 0 Å². The molecule has 5 nitrogen and oxygen atoms in total. The Labute approximate surface area is 119 Å². The van der Waals surface area contributed by atoms with Gasteiger partial charge in [-0.2, -0.15) is 8.42 Å². The normalized spacial score (nSPS) is 19.2. The maximum atomic E-state index is 10.9. The monoisotopic (exact) mass is 355 g/mol. The van der Waals surface area contributed by atoms with Crippen LogP contribution in [0.15, 0.2) is 10.5 Å². The van der Waals surface area contributed by atoms with Crippen molar-refractivity contribution >= 4 is 37.6 Å². The first-order valence-electron chi connectivity index (χ1n) is 5.21. The molecule has 0 unspecified atom stereocenters. The summed E-state index contributed by atoms with van der Waals surface area (Å²) >= 11 is 9.18. The second kappa shape index (κ2) is 5.32. The van der Waals surface area contributed by atoms with Crippen molar-refractivity contribution in [1.82, 2.24) is 4.98 Å². The standard InChI is InChI=1S/C10H11BrClNO4S/c1-18(14,15)16-5-6-2-3-8-10(17-6)7(11)4-9(12)13-8/h4,6H,2-3,5H2,1H3/t6-/m0/s1. The van der Waals surface area contributed by atoms with Crippen LogP contribution in [-0.2, 0) is 20.7 Å². The van der Waals surface area contributed by atoms with Gasteiger partial charge in [0.2, 0.25) is 0 Å². The second-order valence-corrected chi connectivity index (χ2v) is 6.86. The minimum atomic E-state index is -3.45. The summed E-state index contributed by atoms with van der Waals surface area (Å²) in [6.45, 7) is 0.00728. The van der Waals surface area contributed by atoms with Gasteiger partial charge in [-0.1, -0.05) is 11.6 Å². The molecule has 0 radical (unpaired) electrons. The lowest BCUT2D eigenvalue weighted by molar-refractivity contribution is 0.111. The maximum absolute atomic E-state index is 10.9. The number of hydrogen-bond acceptors (Lipinski definition) is 5. The van der Waals surface area contributed by atoms with Crippen molar-refractivity contribution in [2.45, 2.75) is 18.9 Å². The average molecular weight is 357 g/mol. The Hall–Kier alpha value is -0.370. The highest BCUT2D eigenvalue weighted by atomic mass is 79.9. The first-order chi connectivity index (χ1) is 8.35. The topological polar surface area (TPSA) is 65.5 Å². The maximum Gasteiger partial charge on any atom is 0.264 e. The van der Waals surface area contributed by atoms with Crippen LogP contribution in [0.5, 0.6) is 5.75 Å². The molecule has 2 rings (SSSR count). The van der Waals surface area contributed by atoms with E-state index in [2.05, 4.69) is 20.9 Å². The Bertz CT molecular complexity index is 563. The summed E-state index contributed by atoms with van der Waals surface area (Å²) in [6, 6.07) is 1.64. The van der Waals surface area contributed by atoms with Gasteiger partial charge in [0.1, 0.15) is 17.9 Å². The van der Waals surface area contributed by atoms with E-state index in [9.17, 15) is 8.42 Å². The molecule has 1 atom stereocenters. The highest BCUT2D eigenvalue weighted by Crippen LogP contribution is 2.35. The molecule has 0 amide bonds. The quantitative estimate of drug-likeness (QED) is 0.613. The highest BCUT2D eigenvalue weighted by Gasteiger charge is 2.24. The summed E-state index contributed by atoms with van der Waals surface area (Å²) in [6.07, 6.45) is 2.03. The number of nitrogens with zero attached hydrogens (tertiary/aromatic N) is 1. The fourth-order valence-electron chi connectivity index (χ4n) is 1.65. The third-order valence-corrected chi connectivity index (χ3v) is 3.77. The number of aryl methyl sites for hydroxylation is 1. The van der Waals surface area contributed by atoms with Gasteiger partial charge >= 0.3 is 0 Å². The summed E-state index contributed by atoms with van der Waals surface area (Å²) in [5.41, 5.74) is 0.769. The van der Waals surface area contributed by atoms with Crippen molar-refractivity contribution in [2.75, 3.05) is 12.9 Å². The summed E-state index contributed by atoms with van der Waals surface area (Å²) < 4.78 is 32.9. The van der Waals surface area contributed by atoms with Crippen LogP contribution in [0.1, 0.15) is 12.1 Å². The molecule has 0 fully saturated rings. The van der Waals surface area contributed by atoms with E-state index in [-0.39, 0.29) is 12.7 Å². The molecule has 0 N–H and O–H groups in total. The number of halogens is 2. The molecule has 1 aromatic rings. The molecule has 0 aliphatic carbocycles. The minimum absolute atomic E-state index is 0.00728. The average Bonchev–Trinajstić information content (AvgIpc) is 2.25. The second-order valence-electron chi connectivity index (χ2n) is 3.97. The Kier molecular flexibility index (Phi) is 4.15. The van der Waals surface area contributed by atoms with Gasteiger partial charge in [-0.3, -0.25) is 4.18 Å². The lowest BCUT2D eigenvalue weighted by Crippen LogP contribution is -2.29. The Morgan fingerprint density at radius 1 is 1.67 bits per heavy atom. The molecule has 18 heavy (non-hydrogen) atoms. The van der Waals surface area contributed by atoms with E-state index in [1.54, 1.807) is 6.07 Å². The summed E-state index contributed by atoms with van der Waals surface area (Å²) in [7, 11) is -3.45. The van der Waals surface area contributed by atoms with Crippen LogP contribution in [-0.4, -0.2) is 32.4 Å². The van der Waals surface area contributed by atoms with E-state index in [1.807, 2.05) is 0 Å². The summed E-state index contributed by atoms with van der Waals surface area (Å²) in [5.74, 6) is 0.604. The fourth-order valence-corrected chi connectivity index (χ4v) is 2.93. The van der Waals surface area contributed by atoms with E-state index in [0.29, 0.717) is 28.2 Å². The third-order valence-electron chi connectivity index (χ3n) is 2.42. The van der Waals surface area contributed by atoms with Crippen molar-refractivity contribution in [3.63, 3.8) is 0 Å². The number of pyridine rings is 1. The molecule has 0 aromatic carbocycles. The first-order valence-corrected chi connectivity index (χ1v) is 8.20. The van der Waals surface area contributed by atoms with Gasteiger partial charge in [-0.05, 0) is 34.8 Å². The van der Waals surface area contributed by atoms with Gasteiger partial charge in [-0.25, -0.2) is 4.98 Å².